The topological polar surface area (TPSA) is 62.7 Å². The molecule has 4 nitrogen and oxygen atoms in total. The van der Waals surface area contributed by atoms with Crippen molar-refractivity contribution in [3.8, 4) is 0 Å². The molecule has 0 aliphatic carbocycles. The standard InChI is InChI=1S/C11H26O3Si.H3N/c1-5-9-12-15(8-4,13-10-6-2)14-11-7-3;/h5-11H2,1-4H3;1H3. The monoisotopic (exact) mass is 251 g/mol. The van der Waals surface area contributed by atoms with Gasteiger partial charge in [0.05, 0.1) is 0 Å². The van der Waals surface area contributed by atoms with Crippen LogP contribution in [0.15, 0.2) is 0 Å². The van der Waals surface area contributed by atoms with Crippen LogP contribution in [-0.4, -0.2) is 28.6 Å². The first-order chi connectivity index (χ1) is 7.24. The minimum atomic E-state index is -2.33. The lowest BCUT2D eigenvalue weighted by atomic mass is 10.5. The molecule has 0 aromatic heterocycles. The van der Waals surface area contributed by atoms with Crippen molar-refractivity contribution in [1.82, 2.24) is 6.15 Å². The summed E-state index contributed by atoms with van der Waals surface area (Å²) in [6, 6.07) is 0.868. The highest BCUT2D eigenvalue weighted by Crippen LogP contribution is 2.16. The normalized spacial score (nSPS) is 11.2. The summed E-state index contributed by atoms with van der Waals surface area (Å²) in [7, 11) is -2.33. The highest BCUT2D eigenvalue weighted by Gasteiger charge is 2.38. The van der Waals surface area contributed by atoms with Gasteiger partial charge in [0.1, 0.15) is 0 Å². The smallest absolute Gasteiger partial charge is 0.373 e. The van der Waals surface area contributed by atoms with E-state index >= 15 is 0 Å². The van der Waals surface area contributed by atoms with E-state index < -0.39 is 8.80 Å². The summed E-state index contributed by atoms with van der Waals surface area (Å²) in [5.41, 5.74) is 0. The molecule has 3 N–H and O–H groups in total. The van der Waals surface area contributed by atoms with Crippen LogP contribution in [0.4, 0.5) is 0 Å². The van der Waals surface area contributed by atoms with E-state index in [1.807, 2.05) is 0 Å². The zero-order chi connectivity index (χ0) is 11.6. The summed E-state index contributed by atoms with van der Waals surface area (Å²) in [6.07, 6.45) is 3.04. The summed E-state index contributed by atoms with van der Waals surface area (Å²) in [5.74, 6) is 0. The van der Waals surface area contributed by atoms with Crippen molar-refractivity contribution in [2.24, 2.45) is 0 Å². The minimum Gasteiger partial charge on any atom is -0.373 e. The van der Waals surface area contributed by atoms with E-state index in [1.54, 1.807) is 0 Å². The van der Waals surface area contributed by atoms with Crippen molar-refractivity contribution in [1.29, 1.82) is 0 Å². The molecule has 0 fully saturated rings. The molecule has 0 radical (unpaired) electrons. The molecule has 0 saturated heterocycles. The van der Waals surface area contributed by atoms with E-state index in [0.717, 1.165) is 45.1 Å². The quantitative estimate of drug-likeness (QED) is 0.605. The molecule has 0 heterocycles. The average Bonchev–Trinajstić information content (AvgIpc) is 2.29. The van der Waals surface area contributed by atoms with Gasteiger partial charge in [-0.05, 0) is 19.3 Å². The molecule has 0 unspecified atom stereocenters. The molecule has 0 saturated carbocycles. The molecule has 0 aliphatic rings. The highest BCUT2D eigenvalue weighted by atomic mass is 28.4. The Balaban J connectivity index is 0. The fourth-order valence-corrected chi connectivity index (χ4v) is 3.61. The molecule has 0 bridgehead atoms. The fourth-order valence-electron chi connectivity index (χ4n) is 1.20. The minimum absolute atomic E-state index is 0. The van der Waals surface area contributed by atoms with Crippen LogP contribution in [0.1, 0.15) is 47.0 Å². The zero-order valence-electron chi connectivity index (χ0n) is 11.4. The maximum Gasteiger partial charge on any atom is 0.500 e. The van der Waals surface area contributed by atoms with Crippen LogP contribution in [0, 0.1) is 0 Å². The van der Waals surface area contributed by atoms with Crippen LogP contribution in [0.5, 0.6) is 0 Å². The summed E-state index contributed by atoms with van der Waals surface area (Å²) >= 11 is 0. The summed E-state index contributed by atoms with van der Waals surface area (Å²) in [6.45, 7) is 10.6. The van der Waals surface area contributed by atoms with Crippen LogP contribution in [0.3, 0.4) is 0 Å². The summed E-state index contributed by atoms with van der Waals surface area (Å²) < 4.78 is 17.5. The van der Waals surface area contributed by atoms with Crippen LogP contribution >= 0.6 is 0 Å². The van der Waals surface area contributed by atoms with Crippen molar-refractivity contribution >= 4 is 8.80 Å². The molecule has 0 aromatic carbocycles. The lowest BCUT2D eigenvalue weighted by Crippen LogP contribution is -2.45. The average molecular weight is 251 g/mol. The van der Waals surface area contributed by atoms with Crippen LogP contribution in [0.25, 0.3) is 0 Å². The van der Waals surface area contributed by atoms with E-state index in [2.05, 4.69) is 27.7 Å². The van der Waals surface area contributed by atoms with E-state index in [1.165, 1.54) is 0 Å². The molecule has 0 atom stereocenters. The van der Waals surface area contributed by atoms with Gasteiger partial charge in [-0.25, -0.2) is 0 Å². The third-order valence-electron chi connectivity index (χ3n) is 2.01. The van der Waals surface area contributed by atoms with Crippen LogP contribution < -0.4 is 6.15 Å². The second-order valence-corrected chi connectivity index (χ2v) is 6.52. The lowest BCUT2D eigenvalue weighted by molar-refractivity contribution is 0.0604. The van der Waals surface area contributed by atoms with Crippen LogP contribution in [0.2, 0.25) is 6.04 Å². The number of rotatable bonds is 10. The number of hydrogen-bond acceptors (Lipinski definition) is 4. The second kappa shape index (κ2) is 11.5. The molecule has 0 spiro atoms. The predicted octanol–water partition coefficient (Wildman–Crippen LogP) is 3.39. The van der Waals surface area contributed by atoms with Crippen molar-refractivity contribution in [3.05, 3.63) is 0 Å². The molecule has 100 valence electrons. The van der Waals surface area contributed by atoms with Crippen molar-refractivity contribution in [2.75, 3.05) is 19.8 Å². The Morgan fingerprint density at radius 2 is 1.00 bits per heavy atom. The van der Waals surface area contributed by atoms with E-state index in [0.29, 0.717) is 0 Å². The Bertz CT molecular complexity index is 125. The van der Waals surface area contributed by atoms with Crippen molar-refractivity contribution in [2.45, 2.75) is 53.0 Å². The molecular weight excluding hydrogens is 222 g/mol. The molecule has 0 aliphatic heterocycles. The Morgan fingerprint density at radius 1 is 0.688 bits per heavy atom. The van der Waals surface area contributed by atoms with Gasteiger partial charge in [0, 0.05) is 25.9 Å². The first-order valence-electron chi connectivity index (χ1n) is 6.16. The van der Waals surface area contributed by atoms with Gasteiger partial charge < -0.3 is 19.4 Å². The third kappa shape index (κ3) is 7.35. The van der Waals surface area contributed by atoms with Gasteiger partial charge in [-0.2, -0.15) is 0 Å². The van der Waals surface area contributed by atoms with E-state index in [9.17, 15) is 0 Å². The first-order valence-corrected chi connectivity index (χ1v) is 8.09. The molecular formula is C11H29NO3Si. The van der Waals surface area contributed by atoms with Gasteiger partial charge in [-0.1, -0.05) is 27.7 Å². The molecule has 0 aromatic rings. The van der Waals surface area contributed by atoms with E-state index in [-0.39, 0.29) is 6.15 Å². The van der Waals surface area contributed by atoms with Gasteiger partial charge in [0.2, 0.25) is 0 Å². The summed E-state index contributed by atoms with van der Waals surface area (Å²) in [5, 5.41) is 0. The van der Waals surface area contributed by atoms with Crippen LogP contribution in [-0.2, 0) is 13.3 Å². The Kier molecular flexibility index (Phi) is 13.3. The van der Waals surface area contributed by atoms with Crippen molar-refractivity contribution in [3.63, 3.8) is 0 Å². The molecule has 0 amide bonds. The zero-order valence-corrected chi connectivity index (χ0v) is 12.4. The van der Waals surface area contributed by atoms with Gasteiger partial charge in [-0.15, -0.1) is 0 Å². The first kappa shape index (κ1) is 18.4. The van der Waals surface area contributed by atoms with Gasteiger partial charge in [0.15, 0.2) is 0 Å². The Hall–Kier alpha value is 0.0569. The van der Waals surface area contributed by atoms with E-state index in [4.69, 9.17) is 13.3 Å². The van der Waals surface area contributed by atoms with Gasteiger partial charge >= 0.3 is 8.80 Å². The maximum atomic E-state index is 5.83. The molecule has 5 heteroatoms. The molecule has 0 rings (SSSR count). The predicted molar refractivity (Wildman–Crippen MR) is 70.0 cm³/mol. The second-order valence-electron chi connectivity index (χ2n) is 3.58. The van der Waals surface area contributed by atoms with Crippen molar-refractivity contribution < 1.29 is 13.3 Å². The Labute approximate surface area is 102 Å². The SMILES string of the molecule is CCCO[Si](CC)(OCCC)OCCC.N. The highest BCUT2D eigenvalue weighted by molar-refractivity contribution is 6.60. The number of hydrogen-bond donors (Lipinski definition) is 1. The van der Waals surface area contributed by atoms with Gasteiger partial charge in [0.25, 0.3) is 0 Å². The fraction of sp³-hybridized carbons (Fsp3) is 1.00. The lowest BCUT2D eigenvalue weighted by Gasteiger charge is -2.28. The summed E-state index contributed by atoms with van der Waals surface area (Å²) in [4.78, 5) is 0. The Morgan fingerprint density at radius 3 is 1.19 bits per heavy atom. The van der Waals surface area contributed by atoms with Gasteiger partial charge in [-0.3, -0.25) is 0 Å². The maximum absolute atomic E-state index is 5.83. The third-order valence-corrected chi connectivity index (χ3v) is 4.81. The molecule has 16 heavy (non-hydrogen) atoms. The largest absolute Gasteiger partial charge is 0.500 e.